The first-order valence-electron chi connectivity index (χ1n) is 6.69. The highest BCUT2D eigenvalue weighted by Crippen LogP contribution is 2.22. The zero-order valence-electron chi connectivity index (χ0n) is 12.1. The van der Waals surface area contributed by atoms with E-state index in [2.05, 4.69) is 12.2 Å². The van der Waals surface area contributed by atoms with Gasteiger partial charge in [-0.15, -0.1) is 0 Å². The van der Waals surface area contributed by atoms with Crippen LogP contribution >= 0.6 is 0 Å². The van der Waals surface area contributed by atoms with Crippen LogP contribution in [0.2, 0.25) is 0 Å². The predicted octanol–water partition coefficient (Wildman–Crippen LogP) is 2.89. The number of aliphatic hydroxyl groups excluding tert-OH is 1. The Labute approximate surface area is 114 Å². The number of hydrogen-bond acceptors (Lipinski definition) is 3. The van der Waals surface area contributed by atoms with Gasteiger partial charge in [0.05, 0.1) is 13.2 Å². The zero-order chi connectivity index (χ0) is 14.4. The van der Waals surface area contributed by atoms with Gasteiger partial charge in [-0.1, -0.05) is 13.0 Å². The second kappa shape index (κ2) is 7.46. The van der Waals surface area contributed by atoms with Crippen LogP contribution in [0.4, 0.5) is 4.39 Å². The van der Waals surface area contributed by atoms with E-state index in [0.717, 1.165) is 13.0 Å². The Kier molecular flexibility index (Phi) is 6.25. The fraction of sp³-hybridized carbons (Fsp3) is 0.600. The van der Waals surface area contributed by atoms with Crippen LogP contribution in [0, 0.1) is 11.7 Å². The minimum absolute atomic E-state index is 0.0673. The lowest BCUT2D eigenvalue weighted by Gasteiger charge is -2.19. The number of ether oxygens (including phenoxy) is 1. The van der Waals surface area contributed by atoms with Crippen molar-refractivity contribution in [3.63, 3.8) is 0 Å². The number of nitrogens with one attached hydrogen (secondary N) is 1. The van der Waals surface area contributed by atoms with Crippen LogP contribution < -0.4 is 10.1 Å². The van der Waals surface area contributed by atoms with E-state index >= 15 is 0 Å². The molecule has 3 atom stereocenters. The molecule has 1 aromatic carbocycles. The lowest BCUT2D eigenvalue weighted by Crippen LogP contribution is -2.26. The third kappa shape index (κ3) is 5.17. The number of rotatable bonds is 7. The Morgan fingerprint density at radius 2 is 2.00 bits per heavy atom. The summed E-state index contributed by atoms with van der Waals surface area (Å²) in [6, 6.07) is 4.83. The molecule has 2 N–H and O–H groups in total. The largest absolute Gasteiger partial charge is 0.497 e. The summed E-state index contributed by atoms with van der Waals surface area (Å²) in [5.41, 5.74) is 0.630. The number of benzene rings is 1. The van der Waals surface area contributed by atoms with Gasteiger partial charge in [-0.2, -0.15) is 0 Å². The van der Waals surface area contributed by atoms with Crippen molar-refractivity contribution in [2.75, 3.05) is 13.7 Å². The molecule has 0 radical (unpaired) electrons. The molecule has 4 heteroatoms. The van der Waals surface area contributed by atoms with Gasteiger partial charge >= 0.3 is 0 Å². The fourth-order valence-corrected chi connectivity index (χ4v) is 2.14. The summed E-state index contributed by atoms with van der Waals surface area (Å²) in [4.78, 5) is 0. The lowest BCUT2D eigenvalue weighted by molar-refractivity contribution is 0.162. The van der Waals surface area contributed by atoms with Crippen LogP contribution in [-0.4, -0.2) is 24.9 Å². The number of aliphatic hydroxyl groups is 1. The molecule has 0 amide bonds. The smallest absolute Gasteiger partial charge is 0.131 e. The Morgan fingerprint density at radius 1 is 1.32 bits per heavy atom. The standard InChI is InChI=1S/C15H24FNO2/c1-10(7-11(2)18)9-17-12(3)14-6-5-13(19-4)8-15(14)16/h5-6,8,10-12,17-18H,7,9H2,1-4H3. The SMILES string of the molecule is COc1ccc(C(C)NCC(C)CC(C)O)c(F)c1. The van der Waals surface area contributed by atoms with E-state index in [1.807, 2.05) is 6.92 Å². The van der Waals surface area contributed by atoms with E-state index in [1.54, 1.807) is 19.1 Å². The quantitative estimate of drug-likeness (QED) is 0.799. The summed E-state index contributed by atoms with van der Waals surface area (Å²) in [5.74, 6) is 0.613. The van der Waals surface area contributed by atoms with Crippen molar-refractivity contribution in [2.45, 2.75) is 39.3 Å². The number of methoxy groups -OCH3 is 1. The van der Waals surface area contributed by atoms with Crippen molar-refractivity contribution < 1.29 is 14.2 Å². The first-order chi connectivity index (χ1) is 8.93. The molecule has 0 aromatic heterocycles. The summed E-state index contributed by atoms with van der Waals surface area (Å²) in [5, 5.41) is 12.6. The summed E-state index contributed by atoms with van der Waals surface area (Å²) in [7, 11) is 1.52. The van der Waals surface area contributed by atoms with Crippen LogP contribution in [0.3, 0.4) is 0 Å². The number of hydrogen-bond donors (Lipinski definition) is 2. The lowest BCUT2D eigenvalue weighted by atomic mass is 10.0. The van der Waals surface area contributed by atoms with Crippen LogP contribution in [0.15, 0.2) is 18.2 Å². The molecule has 0 heterocycles. The van der Waals surface area contributed by atoms with Gasteiger partial charge in [-0.05, 0) is 38.8 Å². The molecule has 1 rings (SSSR count). The van der Waals surface area contributed by atoms with E-state index in [0.29, 0.717) is 17.2 Å². The van der Waals surface area contributed by atoms with Gasteiger partial charge in [0.15, 0.2) is 0 Å². The molecule has 0 saturated heterocycles. The molecule has 0 aliphatic rings. The van der Waals surface area contributed by atoms with Crippen LogP contribution in [-0.2, 0) is 0 Å². The van der Waals surface area contributed by atoms with Gasteiger partial charge in [-0.3, -0.25) is 0 Å². The van der Waals surface area contributed by atoms with E-state index in [-0.39, 0.29) is 18.0 Å². The monoisotopic (exact) mass is 269 g/mol. The van der Waals surface area contributed by atoms with Gasteiger partial charge in [0.2, 0.25) is 0 Å². The van der Waals surface area contributed by atoms with Crippen LogP contribution in [0.1, 0.15) is 38.8 Å². The minimum atomic E-state index is -0.301. The molecule has 1 aromatic rings. The van der Waals surface area contributed by atoms with Crippen molar-refractivity contribution in [1.82, 2.24) is 5.32 Å². The zero-order valence-corrected chi connectivity index (χ0v) is 12.1. The molecule has 0 aliphatic carbocycles. The molecular weight excluding hydrogens is 245 g/mol. The highest BCUT2D eigenvalue weighted by atomic mass is 19.1. The van der Waals surface area contributed by atoms with Gasteiger partial charge in [-0.25, -0.2) is 4.39 Å². The molecule has 0 saturated carbocycles. The molecule has 0 bridgehead atoms. The number of halogens is 1. The average molecular weight is 269 g/mol. The summed E-state index contributed by atoms with van der Waals surface area (Å²) in [6.45, 7) is 6.53. The molecule has 108 valence electrons. The maximum atomic E-state index is 13.9. The molecule has 3 unspecified atom stereocenters. The molecule has 19 heavy (non-hydrogen) atoms. The molecule has 0 spiro atoms. The normalized spacial score (nSPS) is 15.9. The maximum Gasteiger partial charge on any atom is 0.131 e. The fourth-order valence-electron chi connectivity index (χ4n) is 2.14. The third-order valence-electron chi connectivity index (χ3n) is 3.19. The average Bonchev–Trinajstić information content (AvgIpc) is 2.35. The van der Waals surface area contributed by atoms with Gasteiger partial charge < -0.3 is 15.2 Å². The van der Waals surface area contributed by atoms with Gasteiger partial charge in [0.1, 0.15) is 11.6 Å². The van der Waals surface area contributed by atoms with Gasteiger partial charge in [0, 0.05) is 17.7 Å². The molecular formula is C15H24FNO2. The topological polar surface area (TPSA) is 41.5 Å². The molecule has 3 nitrogen and oxygen atoms in total. The predicted molar refractivity (Wildman–Crippen MR) is 74.8 cm³/mol. The highest BCUT2D eigenvalue weighted by Gasteiger charge is 2.13. The summed E-state index contributed by atoms with van der Waals surface area (Å²) >= 11 is 0. The Bertz CT molecular complexity index is 396. The van der Waals surface area contributed by atoms with E-state index < -0.39 is 0 Å². The summed E-state index contributed by atoms with van der Waals surface area (Å²) in [6.07, 6.45) is 0.440. The third-order valence-corrected chi connectivity index (χ3v) is 3.19. The minimum Gasteiger partial charge on any atom is -0.497 e. The highest BCUT2D eigenvalue weighted by molar-refractivity contribution is 5.30. The van der Waals surface area contributed by atoms with Gasteiger partial charge in [0.25, 0.3) is 0 Å². The van der Waals surface area contributed by atoms with Crippen molar-refractivity contribution in [3.05, 3.63) is 29.6 Å². The second-order valence-corrected chi connectivity index (χ2v) is 5.21. The Hall–Kier alpha value is -1.13. The second-order valence-electron chi connectivity index (χ2n) is 5.21. The molecule has 0 fully saturated rings. The first kappa shape index (κ1) is 15.9. The Balaban J connectivity index is 2.56. The van der Waals surface area contributed by atoms with Crippen molar-refractivity contribution in [1.29, 1.82) is 0 Å². The molecule has 0 aliphatic heterocycles. The van der Waals surface area contributed by atoms with Crippen LogP contribution in [0.25, 0.3) is 0 Å². The van der Waals surface area contributed by atoms with Crippen molar-refractivity contribution in [2.24, 2.45) is 5.92 Å². The first-order valence-corrected chi connectivity index (χ1v) is 6.69. The maximum absolute atomic E-state index is 13.9. The van der Waals surface area contributed by atoms with Crippen molar-refractivity contribution in [3.8, 4) is 5.75 Å². The van der Waals surface area contributed by atoms with E-state index in [9.17, 15) is 9.50 Å². The van der Waals surface area contributed by atoms with Crippen LogP contribution in [0.5, 0.6) is 5.75 Å². The summed E-state index contributed by atoms with van der Waals surface area (Å²) < 4.78 is 18.8. The Morgan fingerprint density at radius 3 is 2.53 bits per heavy atom. The van der Waals surface area contributed by atoms with Crippen molar-refractivity contribution >= 4 is 0 Å². The van der Waals surface area contributed by atoms with E-state index in [1.165, 1.54) is 13.2 Å². The van der Waals surface area contributed by atoms with E-state index in [4.69, 9.17) is 4.74 Å².